The second-order valence-electron chi connectivity index (χ2n) is 7.33. The third kappa shape index (κ3) is 3.18. The van der Waals surface area contributed by atoms with Crippen molar-refractivity contribution in [3.8, 4) is 0 Å². The van der Waals surface area contributed by atoms with E-state index in [1.807, 2.05) is 22.8 Å². The molecule has 7 nitrogen and oxygen atoms in total. The van der Waals surface area contributed by atoms with Gasteiger partial charge in [-0.05, 0) is 42.7 Å². The zero-order valence-corrected chi connectivity index (χ0v) is 16.2. The number of nitrogens with one attached hydrogen (secondary N) is 1. The Hall–Kier alpha value is -2.71. The Morgan fingerprint density at radius 2 is 2.07 bits per heavy atom. The van der Waals surface area contributed by atoms with Gasteiger partial charge in [0.25, 0.3) is 0 Å². The van der Waals surface area contributed by atoms with E-state index in [0.717, 1.165) is 57.8 Å². The minimum absolute atomic E-state index is 0.0944. The lowest BCUT2D eigenvalue weighted by atomic mass is 9.93. The number of benzene rings is 1. The van der Waals surface area contributed by atoms with Gasteiger partial charge in [0, 0.05) is 6.20 Å². The number of anilines is 2. The van der Waals surface area contributed by atoms with Crippen LogP contribution in [0.25, 0.3) is 21.4 Å². The lowest BCUT2D eigenvalue weighted by molar-refractivity contribution is 0.116. The number of nitrogen functional groups attached to an aromatic ring is 1. The summed E-state index contributed by atoms with van der Waals surface area (Å²) in [5, 5.41) is 14.5. The monoisotopic (exact) mass is 394 g/mol. The van der Waals surface area contributed by atoms with Crippen molar-refractivity contribution in [2.24, 2.45) is 0 Å². The topological polar surface area (TPSA) is 102 Å². The number of thiazole rings is 1. The fourth-order valence-corrected chi connectivity index (χ4v) is 4.87. The van der Waals surface area contributed by atoms with Crippen LogP contribution in [0.15, 0.2) is 36.5 Å². The van der Waals surface area contributed by atoms with Crippen LogP contribution in [0.2, 0.25) is 0 Å². The van der Waals surface area contributed by atoms with Gasteiger partial charge in [0.2, 0.25) is 5.95 Å². The van der Waals surface area contributed by atoms with Gasteiger partial charge in [-0.15, -0.1) is 0 Å². The standard InChI is InChI=1S/C20H22N6OS/c21-19-23-15-5-3-9-22-18(15)26(19)11-12-7-8-14-17(10-12)28-20(25-14)24-13-4-1-2-6-16(13)27/h3,5,7-10,13,16,27H,1-2,4,6,11H2,(H2,21,23)(H,24,25). The Morgan fingerprint density at radius 1 is 1.18 bits per heavy atom. The molecule has 1 aliphatic carbocycles. The highest BCUT2D eigenvalue weighted by atomic mass is 32.1. The van der Waals surface area contributed by atoms with Gasteiger partial charge in [-0.25, -0.2) is 15.0 Å². The molecule has 8 heteroatoms. The van der Waals surface area contributed by atoms with E-state index in [-0.39, 0.29) is 12.1 Å². The van der Waals surface area contributed by atoms with Crippen LogP contribution in [0.5, 0.6) is 0 Å². The summed E-state index contributed by atoms with van der Waals surface area (Å²) >= 11 is 1.62. The minimum atomic E-state index is -0.290. The quantitative estimate of drug-likeness (QED) is 0.490. The van der Waals surface area contributed by atoms with Crippen LogP contribution in [0.4, 0.5) is 11.1 Å². The summed E-state index contributed by atoms with van der Waals surface area (Å²) < 4.78 is 3.04. The van der Waals surface area contributed by atoms with Gasteiger partial charge in [0.15, 0.2) is 10.8 Å². The maximum atomic E-state index is 10.2. The Kier molecular flexibility index (Phi) is 4.37. The van der Waals surface area contributed by atoms with E-state index < -0.39 is 0 Å². The SMILES string of the molecule is Nc1nc2cccnc2n1Cc1ccc2nc(NC3CCCCC3O)sc2c1. The van der Waals surface area contributed by atoms with Crippen LogP contribution in [0.3, 0.4) is 0 Å². The lowest BCUT2D eigenvalue weighted by Crippen LogP contribution is -2.36. The van der Waals surface area contributed by atoms with E-state index in [0.29, 0.717) is 12.5 Å². The van der Waals surface area contributed by atoms with E-state index in [9.17, 15) is 5.11 Å². The average Bonchev–Trinajstić information content (AvgIpc) is 3.24. The Bertz CT molecular complexity index is 1140. The number of nitrogens with zero attached hydrogens (tertiary/aromatic N) is 4. The molecule has 3 aromatic heterocycles. The molecule has 2 atom stereocenters. The van der Waals surface area contributed by atoms with Crippen molar-refractivity contribution < 1.29 is 5.11 Å². The fourth-order valence-electron chi connectivity index (χ4n) is 3.88. The first-order chi connectivity index (χ1) is 13.7. The van der Waals surface area contributed by atoms with Crippen molar-refractivity contribution in [1.29, 1.82) is 0 Å². The maximum Gasteiger partial charge on any atom is 0.202 e. The first-order valence-electron chi connectivity index (χ1n) is 9.58. The fraction of sp³-hybridized carbons (Fsp3) is 0.350. The van der Waals surface area contributed by atoms with Gasteiger partial charge in [-0.3, -0.25) is 4.57 Å². The van der Waals surface area contributed by atoms with Crippen LogP contribution in [-0.2, 0) is 6.54 Å². The number of hydrogen-bond acceptors (Lipinski definition) is 7. The molecule has 28 heavy (non-hydrogen) atoms. The van der Waals surface area contributed by atoms with Crippen molar-refractivity contribution in [2.45, 2.75) is 44.4 Å². The van der Waals surface area contributed by atoms with Gasteiger partial charge in [-0.2, -0.15) is 0 Å². The molecule has 1 aromatic carbocycles. The summed E-state index contributed by atoms with van der Waals surface area (Å²) in [5.74, 6) is 0.465. The molecule has 5 rings (SSSR count). The van der Waals surface area contributed by atoms with E-state index in [1.54, 1.807) is 17.5 Å². The number of aliphatic hydroxyl groups is 1. The largest absolute Gasteiger partial charge is 0.391 e. The predicted molar refractivity (Wildman–Crippen MR) is 113 cm³/mol. The summed E-state index contributed by atoms with van der Waals surface area (Å²) in [5.41, 5.74) is 9.78. The third-order valence-electron chi connectivity index (χ3n) is 5.37. The van der Waals surface area contributed by atoms with Crippen molar-refractivity contribution in [1.82, 2.24) is 19.5 Å². The van der Waals surface area contributed by atoms with Crippen LogP contribution in [-0.4, -0.2) is 36.8 Å². The first kappa shape index (κ1) is 17.4. The molecule has 3 heterocycles. The van der Waals surface area contributed by atoms with E-state index in [4.69, 9.17) is 5.73 Å². The predicted octanol–water partition coefficient (Wildman–Crippen LogP) is 3.39. The van der Waals surface area contributed by atoms with Crippen LogP contribution >= 0.6 is 11.3 Å². The van der Waals surface area contributed by atoms with Crippen molar-refractivity contribution in [2.75, 3.05) is 11.1 Å². The molecule has 0 spiro atoms. The van der Waals surface area contributed by atoms with Gasteiger partial charge in [0.1, 0.15) is 5.52 Å². The molecule has 4 N–H and O–H groups in total. The highest BCUT2D eigenvalue weighted by molar-refractivity contribution is 7.22. The number of pyridine rings is 1. The van der Waals surface area contributed by atoms with Gasteiger partial charge in [-0.1, -0.05) is 30.2 Å². The Balaban J connectivity index is 1.41. The zero-order valence-electron chi connectivity index (χ0n) is 15.4. The molecular formula is C20H22N6OS. The average molecular weight is 395 g/mol. The summed E-state index contributed by atoms with van der Waals surface area (Å²) in [4.78, 5) is 13.5. The number of nitrogens with two attached hydrogens (primary N) is 1. The van der Waals surface area contributed by atoms with Crippen molar-refractivity contribution in [3.05, 3.63) is 42.1 Å². The van der Waals surface area contributed by atoms with Crippen molar-refractivity contribution >= 4 is 43.8 Å². The number of hydrogen-bond donors (Lipinski definition) is 3. The first-order valence-corrected chi connectivity index (χ1v) is 10.4. The third-order valence-corrected chi connectivity index (χ3v) is 6.31. The molecule has 1 saturated carbocycles. The second kappa shape index (κ2) is 7.03. The Labute approximate surface area is 166 Å². The molecule has 0 aliphatic heterocycles. The van der Waals surface area contributed by atoms with Gasteiger partial charge >= 0.3 is 0 Å². The van der Waals surface area contributed by atoms with Crippen LogP contribution < -0.4 is 11.1 Å². The van der Waals surface area contributed by atoms with Gasteiger partial charge < -0.3 is 16.2 Å². The Morgan fingerprint density at radius 3 is 2.96 bits per heavy atom. The second-order valence-corrected chi connectivity index (χ2v) is 8.36. The molecule has 144 valence electrons. The molecule has 4 aromatic rings. The molecule has 1 aliphatic rings. The number of aromatic nitrogens is 4. The number of aliphatic hydroxyl groups excluding tert-OH is 1. The van der Waals surface area contributed by atoms with E-state index in [1.165, 1.54) is 0 Å². The normalized spacial score (nSPS) is 20.0. The summed E-state index contributed by atoms with van der Waals surface area (Å²) in [6.07, 6.45) is 5.57. The highest BCUT2D eigenvalue weighted by Crippen LogP contribution is 2.30. The minimum Gasteiger partial charge on any atom is -0.391 e. The summed E-state index contributed by atoms with van der Waals surface area (Å²) in [6.45, 7) is 0.608. The van der Waals surface area contributed by atoms with Crippen molar-refractivity contribution in [3.63, 3.8) is 0 Å². The number of imidazole rings is 1. The molecular weight excluding hydrogens is 372 g/mol. The van der Waals surface area contributed by atoms with Gasteiger partial charge in [0.05, 0.1) is 28.9 Å². The van der Waals surface area contributed by atoms with E-state index in [2.05, 4.69) is 32.4 Å². The summed E-state index contributed by atoms with van der Waals surface area (Å²) in [7, 11) is 0. The van der Waals surface area contributed by atoms with Crippen LogP contribution in [0.1, 0.15) is 31.2 Å². The smallest absolute Gasteiger partial charge is 0.202 e. The number of fused-ring (bicyclic) bond motifs is 2. The maximum absolute atomic E-state index is 10.2. The van der Waals surface area contributed by atoms with Crippen LogP contribution in [0, 0.1) is 0 Å². The molecule has 0 saturated heterocycles. The zero-order chi connectivity index (χ0) is 19.1. The lowest BCUT2D eigenvalue weighted by Gasteiger charge is -2.27. The number of rotatable bonds is 4. The molecule has 1 fully saturated rings. The molecule has 0 radical (unpaired) electrons. The molecule has 0 amide bonds. The summed E-state index contributed by atoms with van der Waals surface area (Å²) in [6, 6.07) is 10.1. The van der Waals surface area contributed by atoms with E-state index >= 15 is 0 Å². The highest BCUT2D eigenvalue weighted by Gasteiger charge is 2.23. The molecule has 0 bridgehead atoms. The molecule has 2 unspecified atom stereocenters.